The first-order chi connectivity index (χ1) is 7.68. The molecule has 0 bridgehead atoms. The van der Waals surface area contributed by atoms with E-state index in [1.54, 1.807) is 18.6 Å². The molecule has 0 aliphatic carbocycles. The lowest BCUT2D eigenvalue weighted by atomic mass is 10.0. The lowest BCUT2D eigenvalue weighted by Gasteiger charge is -2.13. The third-order valence-corrected chi connectivity index (χ3v) is 2.55. The number of aromatic nitrogens is 2. The van der Waals surface area contributed by atoms with Gasteiger partial charge in [0.2, 0.25) is 0 Å². The number of aryl methyl sites for hydroxylation is 2. The molecule has 2 aromatic heterocycles. The van der Waals surface area contributed by atoms with Crippen LogP contribution in [0.5, 0.6) is 0 Å². The van der Waals surface area contributed by atoms with E-state index in [9.17, 15) is 5.11 Å². The normalized spacial score (nSPS) is 12.4. The second-order valence-corrected chi connectivity index (χ2v) is 3.88. The van der Waals surface area contributed by atoms with Gasteiger partial charge in [-0.15, -0.1) is 0 Å². The quantitative estimate of drug-likeness (QED) is 0.833. The molecule has 1 N–H and O–H groups in total. The van der Waals surface area contributed by atoms with E-state index >= 15 is 0 Å². The molecule has 0 radical (unpaired) electrons. The first-order valence-corrected chi connectivity index (χ1v) is 5.19. The summed E-state index contributed by atoms with van der Waals surface area (Å²) in [4.78, 5) is 8.25. The number of pyridine rings is 2. The van der Waals surface area contributed by atoms with Gasteiger partial charge in [0, 0.05) is 35.4 Å². The molecule has 82 valence electrons. The van der Waals surface area contributed by atoms with Gasteiger partial charge in [-0.3, -0.25) is 9.97 Å². The zero-order valence-electron chi connectivity index (χ0n) is 9.38. The third kappa shape index (κ3) is 2.09. The number of rotatable bonds is 2. The largest absolute Gasteiger partial charge is 0.384 e. The van der Waals surface area contributed by atoms with E-state index in [0.717, 1.165) is 22.4 Å². The van der Waals surface area contributed by atoms with Crippen molar-refractivity contribution in [3.05, 3.63) is 59.2 Å². The Hall–Kier alpha value is -1.74. The average Bonchev–Trinajstić information content (AvgIpc) is 2.29. The van der Waals surface area contributed by atoms with Crippen molar-refractivity contribution in [1.29, 1.82) is 0 Å². The van der Waals surface area contributed by atoms with Crippen LogP contribution in [-0.4, -0.2) is 15.1 Å². The van der Waals surface area contributed by atoms with Crippen molar-refractivity contribution in [1.82, 2.24) is 9.97 Å². The monoisotopic (exact) mass is 214 g/mol. The van der Waals surface area contributed by atoms with Gasteiger partial charge in [0.05, 0.1) is 0 Å². The Morgan fingerprint density at radius 3 is 2.75 bits per heavy atom. The van der Waals surface area contributed by atoms with Crippen LogP contribution < -0.4 is 0 Å². The van der Waals surface area contributed by atoms with Gasteiger partial charge in [-0.05, 0) is 25.5 Å². The third-order valence-electron chi connectivity index (χ3n) is 2.55. The molecule has 1 unspecified atom stereocenters. The molecule has 0 spiro atoms. The lowest BCUT2D eigenvalue weighted by molar-refractivity contribution is 0.218. The molecule has 3 nitrogen and oxygen atoms in total. The summed E-state index contributed by atoms with van der Waals surface area (Å²) in [5.74, 6) is 0. The van der Waals surface area contributed by atoms with Gasteiger partial charge < -0.3 is 5.11 Å². The van der Waals surface area contributed by atoms with Crippen molar-refractivity contribution in [3.8, 4) is 0 Å². The zero-order valence-corrected chi connectivity index (χ0v) is 9.38. The first-order valence-electron chi connectivity index (χ1n) is 5.19. The Balaban J connectivity index is 2.39. The van der Waals surface area contributed by atoms with Crippen molar-refractivity contribution >= 4 is 0 Å². The Bertz CT molecular complexity index is 497. The zero-order chi connectivity index (χ0) is 11.5. The Morgan fingerprint density at radius 1 is 1.25 bits per heavy atom. The summed E-state index contributed by atoms with van der Waals surface area (Å²) in [7, 11) is 0. The lowest BCUT2D eigenvalue weighted by Crippen LogP contribution is -2.03. The SMILES string of the molecule is Cc1cncc(C(O)c2cccnc2C)c1. The van der Waals surface area contributed by atoms with Crippen LogP contribution in [-0.2, 0) is 0 Å². The van der Waals surface area contributed by atoms with Crippen molar-refractivity contribution < 1.29 is 5.11 Å². The van der Waals surface area contributed by atoms with Crippen molar-refractivity contribution in [2.24, 2.45) is 0 Å². The number of aliphatic hydroxyl groups is 1. The van der Waals surface area contributed by atoms with Gasteiger partial charge in [0.1, 0.15) is 6.10 Å². The highest BCUT2D eigenvalue weighted by Crippen LogP contribution is 2.23. The minimum Gasteiger partial charge on any atom is -0.384 e. The summed E-state index contributed by atoms with van der Waals surface area (Å²) in [5.41, 5.74) is 3.51. The summed E-state index contributed by atoms with van der Waals surface area (Å²) in [5, 5.41) is 10.2. The van der Waals surface area contributed by atoms with Crippen LogP contribution in [0.15, 0.2) is 36.8 Å². The van der Waals surface area contributed by atoms with Crippen molar-refractivity contribution in [2.45, 2.75) is 20.0 Å². The Kier molecular flexibility index (Phi) is 2.97. The topological polar surface area (TPSA) is 46.0 Å². The molecule has 0 aromatic carbocycles. The molecule has 16 heavy (non-hydrogen) atoms. The second kappa shape index (κ2) is 4.41. The molecule has 2 rings (SSSR count). The minimum atomic E-state index is -0.652. The summed E-state index contributed by atoms with van der Waals surface area (Å²) in [6.07, 6.45) is 4.53. The predicted octanol–water partition coefficient (Wildman–Crippen LogP) is 2.18. The van der Waals surface area contributed by atoms with Crippen LogP contribution in [0.25, 0.3) is 0 Å². The van der Waals surface area contributed by atoms with Gasteiger partial charge in [-0.2, -0.15) is 0 Å². The van der Waals surface area contributed by atoms with Crippen LogP contribution in [0, 0.1) is 13.8 Å². The molecule has 3 heteroatoms. The van der Waals surface area contributed by atoms with Crippen molar-refractivity contribution in [2.75, 3.05) is 0 Å². The molecule has 0 amide bonds. The highest BCUT2D eigenvalue weighted by Gasteiger charge is 2.13. The van der Waals surface area contributed by atoms with E-state index in [2.05, 4.69) is 9.97 Å². The summed E-state index contributed by atoms with van der Waals surface area (Å²) in [6.45, 7) is 3.85. The van der Waals surface area contributed by atoms with Gasteiger partial charge >= 0.3 is 0 Å². The molecule has 0 aliphatic rings. The molecule has 2 heterocycles. The molecular weight excluding hydrogens is 200 g/mol. The maximum atomic E-state index is 10.2. The Morgan fingerprint density at radius 2 is 2.06 bits per heavy atom. The minimum absolute atomic E-state index is 0.652. The summed E-state index contributed by atoms with van der Waals surface area (Å²) >= 11 is 0. The number of hydrogen-bond acceptors (Lipinski definition) is 3. The number of nitrogens with zero attached hydrogens (tertiary/aromatic N) is 2. The first kappa shape index (κ1) is 10.8. The van der Waals surface area contributed by atoms with Gasteiger partial charge in [0.25, 0.3) is 0 Å². The Labute approximate surface area is 94.8 Å². The van der Waals surface area contributed by atoms with Gasteiger partial charge in [0.15, 0.2) is 0 Å². The standard InChI is InChI=1S/C13H14N2O/c1-9-6-11(8-14-7-9)13(16)12-4-3-5-15-10(12)2/h3-8,13,16H,1-2H3. The highest BCUT2D eigenvalue weighted by molar-refractivity contribution is 5.31. The maximum absolute atomic E-state index is 10.2. The van der Waals surface area contributed by atoms with Crippen LogP contribution in [0.3, 0.4) is 0 Å². The number of aliphatic hydroxyl groups excluding tert-OH is 1. The van der Waals surface area contributed by atoms with E-state index in [1.165, 1.54) is 0 Å². The maximum Gasteiger partial charge on any atom is 0.107 e. The predicted molar refractivity (Wildman–Crippen MR) is 62.0 cm³/mol. The molecule has 1 atom stereocenters. The number of hydrogen-bond donors (Lipinski definition) is 1. The van der Waals surface area contributed by atoms with Gasteiger partial charge in [-0.1, -0.05) is 12.1 Å². The van der Waals surface area contributed by atoms with Crippen LogP contribution in [0.1, 0.15) is 28.5 Å². The van der Waals surface area contributed by atoms with Gasteiger partial charge in [-0.25, -0.2) is 0 Å². The smallest absolute Gasteiger partial charge is 0.107 e. The second-order valence-electron chi connectivity index (χ2n) is 3.88. The fourth-order valence-electron chi connectivity index (χ4n) is 1.69. The van der Waals surface area contributed by atoms with Crippen LogP contribution in [0.4, 0.5) is 0 Å². The van der Waals surface area contributed by atoms with Crippen molar-refractivity contribution in [3.63, 3.8) is 0 Å². The van der Waals surface area contributed by atoms with E-state index < -0.39 is 6.10 Å². The molecule has 0 aliphatic heterocycles. The summed E-state index contributed by atoms with van der Waals surface area (Å²) < 4.78 is 0. The molecular formula is C13H14N2O. The fraction of sp³-hybridized carbons (Fsp3) is 0.231. The fourth-order valence-corrected chi connectivity index (χ4v) is 1.69. The molecule has 0 saturated carbocycles. The molecule has 0 saturated heterocycles. The van der Waals surface area contributed by atoms with E-state index in [0.29, 0.717) is 0 Å². The van der Waals surface area contributed by atoms with E-state index in [-0.39, 0.29) is 0 Å². The van der Waals surface area contributed by atoms with Crippen LogP contribution in [0.2, 0.25) is 0 Å². The van der Waals surface area contributed by atoms with E-state index in [4.69, 9.17) is 0 Å². The highest BCUT2D eigenvalue weighted by atomic mass is 16.3. The summed E-state index contributed by atoms with van der Waals surface area (Å²) in [6, 6.07) is 5.65. The molecule has 0 fully saturated rings. The van der Waals surface area contributed by atoms with Crippen LogP contribution >= 0.6 is 0 Å². The average molecular weight is 214 g/mol. The molecule has 2 aromatic rings. The van der Waals surface area contributed by atoms with E-state index in [1.807, 2.05) is 32.0 Å².